The molecule has 0 aromatic carbocycles. The Morgan fingerprint density at radius 3 is 2.83 bits per heavy atom. The normalized spacial score (nSPS) is 10.9. The van der Waals surface area contributed by atoms with Crippen molar-refractivity contribution in [2.75, 3.05) is 11.9 Å². The lowest BCUT2D eigenvalue weighted by Gasteiger charge is -2.11. The molecule has 1 aromatic rings. The van der Waals surface area contributed by atoms with E-state index < -0.39 is 0 Å². The quantitative estimate of drug-likeness (QED) is 0.829. The third-order valence-electron chi connectivity index (χ3n) is 2.75. The fourth-order valence-electron chi connectivity index (χ4n) is 1.55. The first kappa shape index (κ1) is 15.0. The molecule has 1 heterocycles. The smallest absolute Gasteiger partial charge is 0.287 e. The van der Waals surface area contributed by atoms with Gasteiger partial charge in [-0.15, -0.1) is 0 Å². The average molecular weight is 272 g/mol. The van der Waals surface area contributed by atoms with Crippen LogP contribution in [-0.2, 0) is 6.54 Å². The molecule has 18 heavy (non-hydrogen) atoms. The molecule has 1 aromatic heterocycles. The van der Waals surface area contributed by atoms with Gasteiger partial charge in [0.2, 0.25) is 0 Å². The molecule has 0 radical (unpaired) electrons. The number of aromatic nitrogens is 2. The molecule has 102 valence electrons. The predicted octanol–water partition coefficient (Wildman–Crippen LogP) is 3.15. The molecule has 0 aliphatic rings. The molecule has 0 fully saturated rings. The summed E-state index contributed by atoms with van der Waals surface area (Å²) in [6.07, 6.45) is 4.64. The van der Waals surface area contributed by atoms with Gasteiger partial charge in [0.25, 0.3) is 5.56 Å². The third kappa shape index (κ3) is 4.33. The lowest BCUT2D eigenvalue weighted by atomic mass is 10.1. The van der Waals surface area contributed by atoms with Crippen LogP contribution in [0.25, 0.3) is 0 Å². The van der Waals surface area contributed by atoms with Crippen molar-refractivity contribution in [2.45, 2.75) is 46.6 Å². The summed E-state index contributed by atoms with van der Waals surface area (Å²) in [7, 11) is 0. The van der Waals surface area contributed by atoms with Crippen LogP contribution in [0.1, 0.15) is 40.0 Å². The van der Waals surface area contributed by atoms with Crippen LogP contribution in [0.3, 0.4) is 0 Å². The molecule has 0 bridgehead atoms. The number of hydrogen-bond acceptors (Lipinski definition) is 3. The topological polar surface area (TPSA) is 46.9 Å². The zero-order chi connectivity index (χ0) is 13.5. The van der Waals surface area contributed by atoms with Gasteiger partial charge in [-0.05, 0) is 18.8 Å². The fraction of sp³-hybridized carbons (Fsp3) is 0.692. The maximum Gasteiger partial charge on any atom is 0.287 e. The van der Waals surface area contributed by atoms with Crippen LogP contribution in [0.15, 0.2) is 11.0 Å². The zero-order valence-corrected chi connectivity index (χ0v) is 12.1. The summed E-state index contributed by atoms with van der Waals surface area (Å²) < 4.78 is 1.43. The van der Waals surface area contributed by atoms with Crippen LogP contribution in [0.4, 0.5) is 5.69 Å². The minimum atomic E-state index is -0.209. The summed E-state index contributed by atoms with van der Waals surface area (Å²) in [6.45, 7) is 7.82. The van der Waals surface area contributed by atoms with Gasteiger partial charge >= 0.3 is 0 Å². The summed E-state index contributed by atoms with van der Waals surface area (Å²) in [4.78, 5) is 11.9. The zero-order valence-electron chi connectivity index (χ0n) is 11.4. The second kappa shape index (κ2) is 7.41. The van der Waals surface area contributed by atoms with E-state index in [0.717, 1.165) is 25.8 Å². The Labute approximate surface area is 113 Å². The van der Waals surface area contributed by atoms with E-state index in [1.165, 1.54) is 4.68 Å². The van der Waals surface area contributed by atoms with E-state index in [0.29, 0.717) is 18.2 Å². The lowest BCUT2D eigenvalue weighted by Crippen LogP contribution is -2.24. The Bertz CT molecular complexity index is 429. The first-order valence-electron chi connectivity index (χ1n) is 6.55. The Hall–Kier alpha value is -1.03. The summed E-state index contributed by atoms with van der Waals surface area (Å²) in [5.41, 5.74) is 0.426. The highest BCUT2D eigenvalue weighted by Gasteiger charge is 2.08. The van der Waals surface area contributed by atoms with Gasteiger partial charge in [-0.3, -0.25) is 4.79 Å². The Morgan fingerprint density at radius 2 is 2.22 bits per heavy atom. The molecule has 5 heteroatoms. The average Bonchev–Trinajstić information content (AvgIpc) is 2.33. The van der Waals surface area contributed by atoms with Gasteiger partial charge < -0.3 is 5.32 Å². The van der Waals surface area contributed by atoms with Crippen LogP contribution in [0, 0.1) is 5.92 Å². The SMILES string of the molecule is CCCCn1ncc(NCCC(C)C)c(Cl)c1=O. The van der Waals surface area contributed by atoms with E-state index in [1.807, 2.05) is 0 Å². The number of hydrogen-bond donors (Lipinski definition) is 1. The highest BCUT2D eigenvalue weighted by Crippen LogP contribution is 2.15. The molecule has 4 nitrogen and oxygen atoms in total. The highest BCUT2D eigenvalue weighted by molar-refractivity contribution is 6.32. The number of nitrogens with zero attached hydrogens (tertiary/aromatic N) is 2. The minimum absolute atomic E-state index is 0.209. The summed E-state index contributed by atoms with van der Waals surface area (Å²) >= 11 is 6.06. The molecule has 0 aliphatic heterocycles. The molecule has 0 aliphatic carbocycles. The molecular formula is C13H22ClN3O. The van der Waals surface area contributed by atoms with Crippen LogP contribution in [-0.4, -0.2) is 16.3 Å². The van der Waals surface area contributed by atoms with Crippen molar-refractivity contribution < 1.29 is 0 Å². The van der Waals surface area contributed by atoms with Crippen molar-refractivity contribution >= 4 is 17.3 Å². The summed E-state index contributed by atoms with van der Waals surface area (Å²) in [6, 6.07) is 0. The summed E-state index contributed by atoms with van der Waals surface area (Å²) in [5.74, 6) is 0.620. The lowest BCUT2D eigenvalue weighted by molar-refractivity contribution is 0.543. The highest BCUT2D eigenvalue weighted by atomic mass is 35.5. The predicted molar refractivity (Wildman–Crippen MR) is 76.4 cm³/mol. The number of anilines is 1. The van der Waals surface area contributed by atoms with Crippen molar-refractivity contribution in [1.82, 2.24) is 9.78 Å². The third-order valence-corrected chi connectivity index (χ3v) is 3.11. The molecule has 0 saturated carbocycles. The number of rotatable bonds is 7. The van der Waals surface area contributed by atoms with Crippen molar-refractivity contribution in [3.63, 3.8) is 0 Å². The van der Waals surface area contributed by atoms with E-state index >= 15 is 0 Å². The molecule has 1 N–H and O–H groups in total. The van der Waals surface area contributed by atoms with Gasteiger partial charge in [0.1, 0.15) is 5.02 Å². The van der Waals surface area contributed by atoms with Gasteiger partial charge in [-0.2, -0.15) is 5.10 Å². The maximum absolute atomic E-state index is 11.9. The first-order valence-corrected chi connectivity index (χ1v) is 6.93. The summed E-state index contributed by atoms with van der Waals surface area (Å²) in [5, 5.41) is 7.53. The molecule has 0 saturated heterocycles. The second-order valence-electron chi connectivity index (χ2n) is 4.86. The Kier molecular flexibility index (Phi) is 6.19. The molecular weight excluding hydrogens is 250 g/mol. The Morgan fingerprint density at radius 1 is 1.50 bits per heavy atom. The van der Waals surface area contributed by atoms with Crippen molar-refractivity contribution in [3.05, 3.63) is 21.6 Å². The van der Waals surface area contributed by atoms with Crippen LogP contribution in [0.2, 0.25) is 5.02 Å². The van der Waals surface area contributed by atoms with Gasteiger partial charge in [0.05, 0.1) is 11.9 Å². The van der Waals surface area contributed by atoms with Crippen molar-refractivity contribution in [3.8, 4) is 0 Å². The standard InChI is InChI=1S/C13H22ClN3O/c1-4-5-8-17-13(18)12(14)11(9-16-17)15-7-6-10(2)3/h9-10,15H,4-8H2,1-3H3. The molecule has 0 atom stereocenters. The van der Waals surface area contributed by atoms with E-state index in [9.17, 15) is 4.79 Å². The van der Waals surface area contributed by atoms with Crippen molar-refractivity contribution in [2.24, 2.45) is 5.92 Å². The van der Waals surface area contributed by atoms with E-state index in [-0.39, 0.29) is 10.6 Å². The molecule has 0 spiro atoms. The number of nitrogens with one attached hydrogen (secondary N) is 1. The van der Waals surface area contributed by atoms with E-state index in [1.54, 1.807) is 6.20 Å². The fourth-order valence-corrected chi connectivity index (χ4v) is 1.76. The van der Waals surface area contributed by atoms with Crippen LogP contribution in [0.5, 0.6) is 0 Å². The second-order valence-corrected chi connectivity index (χ2v) is 5.24. The monoisotopic (exact) mass is 271 g/mol. The van der Waals surface area contributed by atoms with E-state index in [2.05, 4.69) is 31.2 Å². The number of aryl methyl sites for hydroxylation is 1. The molecule has 1 rings (SSSR count). The van der Waals surface area contributed by atoms with Gasteiger partial charge in [-0.25, -0.2) is 4.68 Å². The number of unbranched alkanes of at least 4 members (excludes halogenated alkanes) is 1. The number of halogens is 1. The maximum atomic E-state index is 11.9. The first-order chi connectivity index (χ1) is 8.56. The minimum Gasteiger partial charge on any atom is -0.382 e. The largest absolute Gasteiger partial charge is 0.382 e. The van der Waals surface area contributed by atoms with Gasteiger partial charge in [0, 0.05) is 13.1 Å². The molecule has 0 unspecified atom stereocenters. The Balaban J connectivity index is 2.71. The van der Waals surface area contributed by atoms with Gasteiger partial charge in [-0.1, -0.05) is 38.8 Å². The van der Waals surface area contributed by atoms with Crippen LogP contribution >= 0.6 is 11.6 Å². The van der Waals surface area contributed by atoms with Crippen LogP contribution < -0.4 is 10.9 Å². The van der Waals surface area contributed by atoms with E-state index in [4.69, 9.17) is 11.6 Å². The van der Waals surface area contributed by atoms with Gasteiger partial charge in [0.15, 0.2) is 0 Å². The molecule has 0 amide bonds. The van der Waals surface area contributed by atoms with Crippen molar-refractivity contribution in [1.29, 1.82) is 0 Å².